The fraction of sp³-hybridized carbons (Fsp3) is 0.304. The highest BCUT2D eigenvalue weighted by Gasteiger charge is 2.29. The van der Waals surface area contributed by atoms with Crippen molar-refractivity contribution in [3.63, 3.8) is 0 Å². The number of methoxy groups -OCH3 is 1. The molecule has 0 N–H and O–H groups in total. The van der Waals surface area contributed by atoms with Gasteiger partial charge < -0.3 is 9.64 Å². The van der Waals surface area contributed by atoms with Gasteiger partial charge in [0, 0.05) is 27.8 Å². The van der Waals surface area contributed by atoms with E-state index in [0.29, 0.717) is 12.6 Å². The molecule has 0 bridgehead atoms. The number of thiophene rings is 2. The molecule has 3 heterocycles. The van der Waals surface area contributed by atoms with Crippen molar-refractivity contribution in [1.82, 2.24) is 9.88 Å². The van der Waals surface area contributed by atoms with Gasteiger partial charge in [0.15, 0.2) is 0 Å². The topological polar surface area (TPSA) is 42.4 Å². The highest BCUT2D eigenvalue weighted by molar-refractivity contribution is 7.20. The van der Waals surface area contributed by atoms with E-state index in [0.717, 1.165) is 44.6 Å². The molecular weight excluding hydrogens is 400 g/mol. The molecule has 0 radical (unpaired) electrons. The molecule has 0 saturated heterocycles. The zero-order chi connectivity index (χ0) is 19.8. The maximum atomic E-state index is 13.5. The van der Waals surface area contributed by atoms with Crippen LogP contribution >= 0.6 is 22.7 Å². The van der Waals surface area contributed by atoms with E-state index in [2.05, 4.69) is 28.5 Å². The Morgan fingerprint density at radius 1 is 1.17 bits per heavy atom. The zero-order valence-corrected chi connectivity index (χ0v) is 17.9. The van der Waals surface area contributed by atoms with Crippen LogP contribution in [0.15, 0.2) is 47.8 Å². The van der Waals surface area contributed by atoms with Crippen molar-refractivity contribution in [2.45, 2.75) is 38.3 Å². The molecule has 148 valence electrons. The van der Waals surface area contributed by atoms with Gasteiger partial charge >= 0.3 is 0 Å². The third-order valence-corrected chi connectivity index (χ3v) is 7.55. The molecule has 1 fully saturated rings. The predicted molar refractivity (Wildman–Crippen MR) is 120 cm³/mol. The number of fused-ring (bicyclic) bond motifs is 2. The Hall–Kier alpha value is -2.44. The largest absolute Gasteiger partial charge is 0.497 e. The lowest BCUT2D eigenvalue weighted by Gasteiger charge is -2.28. The molecule has 0 spiro atoms. The normalized spacial score (nSPS) is 14.7. The van der Waals surface area contributed by atoms with Gasteiger partial charge in [-0.25, -0.2) is 4.98 Å². The van der Waals surface area contributed by atoms with Gasteiger partial charge in [-0.15, -0.1) is 22.7 Å². The molecule has 4 aromatic rings. The van der Waals surface area contributed by atoms with Gasteiger partial charge in [0.2, 0.25) is 0 Å². The Bertz CT molecular complexity index is 1160. The minimum absolute atomic E-state index is 0.134. The average Bonchev–Trinajstić information content (AvgIpc) is 3.50. The van der Waals surface area contributed by atoms with E-state index in [9.17, 15) is 4.79 Å². The number of hydrogen-bond acceptors (Lipinski definition) is 5. The lowest BCUT2D eigenvalue weighted by molar-refractivity contribution is 0.0672. The first-order valence-corrected chi connectivity index (χ1v) is 11.6. The van der Waals surface area contributed by atoms with Crippen LogP contribution < -0.4 is 4.74 Å². The number of pyridine rings is 1. The molecule has 0 unspecified atom stereocenters. The van der Waals surface area contributed by atoms with Gasteiger partial charge in [-0.05, 0) is 48.6 Å². The van der Waals surface area contributed by atoms with Gasteiger partial charge in [-0.1, -0.05) is 18.9 Å². The van der Waals surface area contributed by atoms with E-state index < -0.39 is 0 Å². The highest BCUT2D eigenvalue weighted by Crippen LogP contribution is 2.32. The quantitative estimate of drug-likeness (QED) is 0.390. The second-order valence-electron chi connectivity index (χ2n) is 7.50. The smallest absolute Gasteiger partial charge is 0.264 e. The number of carbonyl (C=O) groups excluding carboxylic acids is 1. The van der Waals surface area contributed by atoms with Crippen molar-refractivity contribution in [3.8, 4) is 5.75 Å². The SMILES string of the molecule is COc1ccc2cc3cc(C(=O)N(Cc4cccs4)C4CCCC4)sc3nc2c1. The number of amides is 1. The molecule has 29 heavy (non-hydrogen) atoms. The van der Waals surface area contributed by atoms with Gasteiger partial charge in [-0.3, -0.25) is 4.79 Å². The average molecular weight is 423 g/mol. The Morgan fingerprint density at radius 3 is 2.79 bits per heavy atom. The first-order valence-electron chi connectivity index (χ1n) is 9.93. The Balaban J connectivity index is 1.51. The van der Waals surface area contributed by atoms with Gasteiger partial charge in [0.1, 0.15) is 10.6 Å². The number of aromatic nitrogens is 1. The minimum atomic E-state index is 0.134. The standard InChI is InChI=1S/C23H22N2O2S2/c1-27-18-9-8-15-11-16-12-21(29-22(16)24-20(15)13-18)23(26)25(17-5-2-3-6-17)14-19-7-4-10-28-19/h4,7-13,17H,2-3,5-6,14H2,1H3. The van der Waals surface area contributed by atoms with Crippen LogP contribution in [0.2, 0.25) is 0 Å². The summed E-state index contributed by atoms with van der Waals surface area (Å²) in [6.07, 6.45) is 4.62. The van der Waals surface area contributed by atoms with Crippen molar-refractivity contribution in [1.29, 1.82) is 0 Å². The molecule has 1 amide bonds. The molecule has 1 saturated carbocycles. The minimum Gasteiger partial charge on any atom is -0.497 e. The summed E-state index contributed by atoms with van der Waals surface area (Å²) in [5.41, 5.74) is 0.893. The first kappa shape index (κ1) is 18.6. The Labute approximate surface area is 177 Å². The maximum Gasteiger partial charge on any atom is 0.264 e. The molecular formula is C23H22N2O2S2. The van der Waals surface area contributed by atoms with Crippen molar-refractivity contribution >= 4 is 49.7 Å². The third-order valence-electron chi connectivity index (χ3n) is 5.65. The number of ether oxygens (including phenoxy) is 1. The lowest BCUT2D eigenvalue weighted by Crippen LogP contribution is -2.37. The van der Waals surface area contributed by atoms with E-state index in [1.807, 2.05) is 24.3 Å². The van der Waals surface area contributed by atoms with E-state index in [-0.39, 0.29) is 5.91 Å². The summed E-state index contributed by atoms with van der Waals surface area (Å²) in [5, 5.41) is 4.16. The molecule has 5 rings (SSSR count). The van der Waals surface area contributed by atoms with Crippen LogP contribution in [-0.4, -0.2) is 28.9 Å². The molecule has 3 aromatic heterocycles. The summed E-state index contributed by atoms with van der Waals surface area (Å²) < 4.78 is 5.32. The number of nitrogens with zero attached hydrogens (tertiary/aromatic N) is 2. The first-order chi connectivity index (χ1) is 14.2. The number of rotatable bonds is 5. The molecule has 1 aliphatic rings. The highest BCUT2D eigenvalue weighted by atomic mass is 32.1. The lowest BCUT2D eigenvalue weighted by atomic mass is 10.1. The molecule has 1 aliphatic carbocycles. The zero-order valence-electron chi connectivity index (χ0n) is 16.3. The third kappa shape index (κ3) is 3.63. The number of benzene rings is 1. The number of hydrogen-bond donors (Lipinski definition) is 0. The van der Waals surface area contributed by atoms with E-state index >= 15 is 0 Å². The molecule has 0 atom stereocenters. The van der Waals surface area contributed by atoms with Crippen molar-refractivity contribution in [3.05, 3.63) is 57.6 Å². The van der Waals surface area contributed by atoms with Crippen LogP contribution in [0.3, 0.4) is 0 Å². The molecule has 4 nitrogen and oxygen atoms in total. The van der Waals surface area contributed by atoms with Crippen LogP contribution in [0.25, 0.3) is 21.1 Å². The van der Waals surface area contributed by atoms with Crippen LogP contribution in [-0.2, 0) is 6.54 Å². The van der Waals surface area contributed by atoms with E-state index in [4.69, 9.17) is 9.72 Å². The molecule has 6 heteroatoms. The number of carbonyl (C=O) groups is 1. The summed E-state index contributed by atoms with van der Waals surface area (Å²) in [5.74, 6) is 0.926. The van der Waals surface area contributed by atoms with Crippen molar-refractivity contribution in [2.75, 3.05) is 7.11 Å². The van der Waals surface area contributed by atoms with Crippen molar-refractivity contribution in [2.24, 2.45) is 0 Å². The second-order valence-corrected chi connectivity index (χ2v) is 9.57. The van der Waals surface area contributed by atoms with E-state index in [1.54, 1.807) is 18.4 Å². The Morgan fingerprint density at radius 2 is 2.03 bits per heavy atom. The molecule has 0 aliphatic heterocycles. The van der Waals surface area contributed by atoms with E-state index in [1.165, 1.54) is 29.1 Å². The fourth-order valence-electron chi connectivity index (χ4n) is 4.13. The summed E-state index contributed by atoms with van der Waals surface area (Å²) in [4.78, 5) is 23.3. The summed E-state index contributed by atoms with van der Waals surface area (Å²) in [6, 6.07) is 14.5. The molecule has 1 aromatic carbocycles. The Kier molecular flexibility index (Phi) is 4.97. The van der Waals surface area contributed by atoms with Crippen LogP contribution in [0, 0.1) is 0 Å². The van der Waals surface area contributed by atoms with Gasteiger partial charge in [-0.2, -0.15) is 0 Å². The van der Waals surface area contributed by atoms with Gasteiger partial charge in [0.05, 0.1) is 24.0 Å². The van der Waals surface area contributed by atoms with Crippen LogP contribution in [0.4, 0.5) is 0 Å². The second kappa shape index (κ2) is 7.76. The summed E-state index contributed by atoms with van der Waals surface area (Å²) in [7, 11) is 1.66. The summed E-state index contributed by atoms with van der Waals surface area (Å²) >= 11 is 3.21. The summed E-state index contributed by atoms with van der Waals surface area (Å²) in [6.45, 7) is 0.696. The van der Waals surface area contributed by atoms with Crippen LogP contribution in [0.1, 0.15) is 40.2 Å². The monoisotopic (exact) mass is 422 g/mol. The fourth-order valence-corrected chi connectivity index (χ4v) is 5.81. The maximum absolute atomic E-state index is 13.5. The van der Waals surface area contributed by atoms with Crippen molar-refractivity contribution < 1.29 is 9.53 Å². The van der Waals surface area contributed by atoms with Gasteiger partial charge in [0.25, 0.3) is 5.91 Å². The predicted octanol–water partition coefficient (Wildman–Crippen LogP) is 6.10. The van der Waals surface area contributed by atoms with Crippen LogP contribution in [0.5, 0.6) is 5.75 Å².